The van der Waals surface area contributed by atoms with Crippen molar-refractivity contribution < 1.29 is 32.8 Å². The number of hydrogen-bond acceptors (Lipinski definition) is 7. The fourth-order valence-electron chi connectivity index (χ4n) is 6.04. The molecule has 0 spiro atoms. The Morgan fingerprint density at radius 3 is 1.42 bits per heavy atom. The number of nitrogens with two attached hydrogens (primary N) is 1. The van der Waals surface area contributed by atoms with Crippen molar-refractivity contribution in [3.05, 3.63) is 97.2 Å². The van der Waals surface area contributed by atoms with Gasteiger partial charge in [0.25, 0.3) is 0 Å². The molecule has 0 bridgehead atoms. The van der Waals surface area contributed by atoms with Crippen molar-refractivity contribution in [3.63, 3.8) is 0 Å². The fourth-order valence-corrected chi connectivity index (χ4v) is 6.80. The Balaban J connectivity index is 4.14. The normalized spacial score (nSPS) is 14.3. The van der Waals surface area contributed by atoms with Gasteiger partial charge in [-0.25, -0.2) is 4.57 Å². The zero-order valence-electron chi connectivity index (χ0n) is 38.2. The van der Waals surface area contributed by atoms with Gasteiger partial charge in [0.05, 0.1) is 19.8 Å². The van der Waals surface area contributed by atoms with Crippen LogP contribution in [0.25, 0.3) is 0 Å². The van der Waals surface area contributed by atoms with Gasteiger partial charge in [0, 0.05) is 19.6 Å². The van der Waals surface area contributed by atoms with Crippen LogP contribution in [0.3, 0.4) is 0 Å². The summed E-state index contributed by atoms with van der Waals surface area (Å²) in [6.45, 7) is 4.70. The number of rotatable bonds is 44. The van der Waals surface area contributed by atoms with E-state index in [1.54, 1.807) is 0 Å². The third kappa shape index (κ3) is 46.5. The van der Waals surface area contributed by atoms with Gasteiger partial charge in [-0.1, -0.05) is 182 Å². The SMILES string of the molecule is CC/C=C\C/C=C\C/C=C\C/C=C\C/C=C\C/C=C\C/C=C\CCCC(=O)OC(COCCCCCCCCCC/C=C\CCCCCCCC)COP(=O)(O)OCCN. The minimum atomic E-state index is -4.30. The second-order valence-electron chi connectivity index (χ2n) is 15.2. The zero-order valence-corrected chi connectivity index (χ0v) is 39.1. The molecule has 3 N–H and O–H groups in total. The Hall–Kier alpha value is -2.58. The van der Waals surface area contributed by atoms with Crippen LogP contribution in [-0.2, 0) is 27.9 Å². The van der Waals surface area contributed by atoms with Crippen molar-refractivity contribution in [2.75, 3.05) is 33.0 Å². The summed E-state index contributed by atoms with van der Waals surface area (Å²) in [6, 6.07) is 0. The van der Waals surface area contributed by atoms with E-state index in [1.165, 1.54) is 89.9 Å². The molecule has 0 aliphatic heterocycles. The number of ether oxygens (including phenoxy) is 2. The number of carbonyl (C=O) groups excluding carboxylic acids is 1. The molecule has 2 atom stereocenters. The highest BCUT2D eigenvalue weighted by Crippen LogP contribution is 2.43. The van der Waals surface area contributed by atoms with E-state index in [4.69, 9.17) is 24.3 Å². The minimum Gasteiger partial charge on any atom is -0.457 e. The van der Waals surface area contributed by atoms with Crippen LogP contribution in [0.15, 0.2) is 97.2 Å². The first-order chi connectivity index (χ1) is 29.4. The molecule has 0 aromatic heterocycles. The molecule has 0 saturated carbocycles. The van der Waals surface area contributed by atoms with Gasteiger partial charge in [0.1, 0.15) is 6.10 Å². The second-order valence-corrected chi connectivity index (χ2v) is 16.7. The van der Waals surface area contributed by atoms with Crippen molar-refractivity contribution in [3.8, 4) is 0 Å². The van der Waals surface area contributed by atoms with Crippen molar-refractivity contribution in [1.29, 1.82) is 0 Å². The monoisotopic (exact) mass is 858 g/mol. The number of carbonyl (C=O) groups is 1. The lowest BCUT2D eigenvalue weighted by Crippen LogP contribution is -2.28. The molecule has 0 amide bonds. The number of phosphoric ester groups is 1. The van der Waals surface area contributed by atoms with Crippen LogP contribution in [-0.4, -0.2) is 49.9 Å². The maximum atomic E-state index is 12.6. The largest absolute Gasteiger partial charge is 0.472 e. The van der Waals surface area contributed by atoms with Gasteiger partial charge in [0.2, 0.25) is 0 Å². The molecule has 0 heterocycles. The van der Waals surface area contributed by atoms with Crippen LogP contribution in [0.2, 0.25) is 0 Å². The topological polar surface area (TPSA) is 117 Å². The van der Waals surface area contributed by atoms with Gasteiger partial charge >= 0.3 is 13.8 Å². The third-order valence-corrected chi connectivity index (χ3v) is 10.5. The first kappa shape index (κ1) is 57.4. The maximum Gasteiger partial charge on any atom is 0.472 e. The van der Waals surface area contributed by atoms with Gasteiger partial charge in [-0.15, -0.1) is 0 Å². The summed E-state index contributed by atoms with van der Waals surface area (Å²) < 4.78 is 33.4. The molecule has 0 fully saturated rings. The molecular formula is C51H88NO7P. The first-order valence-electron chi connectivity index (χ1n) is 23.7. The van der Waals surface area contributed by atoms with E-state index >= 15 is 0 Å². The van der Waals surface area contributed by atoms with E-state index in [-0.39, 0.29) is 32.8 Å². The highest BCUT2D eigenvalue weighted by molar-refractivity contribution is 7.47. The Bertz CT molecular complexity index is 1240. The van der Waals surface area contributed by atoms with Crippen molar-refractivity contribution >= 4 is 13.8 Å². The molecular weight excluding hydrogens is 770 g/mol. The van der Waals surface area contributed by atoms with Crippen LogP contribution in [0.5, 0.6) is 0 Å². The minimum absolute atomic E-state index is 0.0852. The molecule has 0 aliphatic rings. The summed E-state index contributed by atoms with van der Waals surface area (Å²) in [4.78, 5) is 22.5. The quantitative estimate of drug-likeness (QED) is 0.0269. The van der Waals surface area contributed by atoms with E-state index in [9.17, 15) is 14.3 Å². The molecule has 0 aromatic carbocycles. The molecule has 8 nitrogen and oxygen atoms in total. The zero-order chi connectivity index (χ0) is 43.7. The summed E-state index contributed by atoms with van der Waals surface area (Å²) in [6.07, 6.45) is 63.0. The lowest BCUT2D eigenvalue weighted by Gasteiger charge is -2.20. The van der Waals surface area contributed by atoms with E-state index in [1.807, 2.05) is 0 Å². The molecule has 9 heteroatoms. The van der Waals surface area contributed by atoms with Crippen molar-refractivity contribution in [2.45, 2.75) is 187 Å². The number of allylic oxidation sites excluding steroid dienone is 16. The summed E-state index contributed by atoms with van der Waals surface area (Å²) in [7, 11) is -4.30. The lowest BCUT2D eigenvalue weighted by atomic mass is 10.1. The summed E-state index contributed by atoms with van der Waals surface area (Å²) >= 11 is 0. The summed E-state index contributed by atoms with van der Waals surface area (Å²) in [5, 5.41) is 0. The standard InChI is InChI=1S/C51H88NO7P/c1-3-5-7-9-11-13-15-17-19-21-23-24-25-26-27-28-30-32-34-36-38-40-42-44-51(53)59-50(49-58-60(54,55)57-47-45-52)48-56-46-43-41-39-37-35-33-31-29-22-20-18-16-14-12-10-8-6-4-2/h5,7,11,13,17-20,23-24,26-27,30,32,36,38,50H,3-4,6,8-10,12,14-16,21-22,25,28-29,31,33-35,37,39-49,52H2,1-2H3,(H,54,55)/b7-5-,13-11-,19-17-,20-18-,24-23-,27-26-,32-30-,38-36-. The maximum absolute atomic E-state index is 12.6. The number of hydrogen-bond donors (Lipinski definition) is 2. The van der Waals surface area contributed by atoms with Crippen LogP contribution in [0.4, 0.5) is 0 Å². The number of unbranched alkanes of at least 4 members (excludes halogenated alkanes) is 15. The van der Waals surface area contributed by atoms with Gasteiger partial charge in [0.15, 0.2) is 0 Å². The van der Waals surface area contributed by atoms with E-state index in [2.05, 4.69) is 111 Å². The van der Waals surface area contributed by atoms with Crippen LogP contribution >= 0.6 is 7.82 Å². The number of esters is 1. The van der Waals surface area contributed by atoms with Gasteiger partial charge < -0.3 is 20.1 Å². The molecule has 60 heavy (non-hydrogen) atoms. The predicted molar refractivity (Wildman–Crippen MR) is 256 cm³/mol. The molecule has 0 aromatic rings. The van der Waals surface area contributed by atoms with Crippen molar-refractivity contribution in [1.82, 2.24) is 0 Å². The smallest absolute Gasteiger partial charge is 0.457 e. The molecule has 0 radical (unpaired) electrons. The Kier molecular flexibility index (Phi) is 45.4. The van der Waals surface area contributed by atoms with Crippen LogP contribution in [0.1, 0.15) is 181 Å². The van der Waals surface area contributed by atoms with Gasteiger partial charge in [-0.3, -0.25) is 13.8 Å². The number of phosphoric acid groups is 1. The van der Waals surface area contributed by atoms with E-state index in [0.29, 0.717) is 13.0 Å². The molecule has 0 aliphatic carbocycles. The van der Waals surface area contributed by atoms with Crippen LogP contribution < -0.4 is 5.73 Å². The Morgan fingerprint density at radius 1 is 0.517 bits per heavy atom. The highest BCUT2D eigenvalue weighted by Gasteiger charge is 2.25. The third-order valence-electron chi connectivity index (χ3n) is 9.49. The van der Waals surface area contributed by atoms with Gasteiger partial charge in [-0.2, -0.15) is 0 Å². The van der Waals surface area contributed by atoms with Gasteiger partial charge in [-0.05, 0) is 89.9 Å². The highest BCUT2D eigenvalue weighted by atomic mass is 31.2. The average molecular weight is 858 g/mol. The van der Waals surface area contributed by atoms with Crippen LogP contribution in [0, 0.1) is 0 Å². The predicted octanol–water partition coefficient (Wildman–Crippen LogP) is 14.6. The van der Waals surface area contributed by atoms with E-state index < -0.39 is 19.9 Å². The molecule has 0 rings (SSSR count). The van der Waals surface area contributed by atoms with Crippen molar-refractivity contribution in [2.24, 2.45) is 5.73 Å². The summed E-state index contributed by atoms with van der Waals surface area (Å²) in [5.41, 5.74) is 5.37. The molecule has 2 unspecified atom stereocenters. The first-order valence-corrected chi connectivity index (χ1v) is 25.2. The fraction of sp³-hybridized carbons (Fsp3) is 0.667. The lowest BCUT2D eigenvalue weighted by molar-refractivity contribution is -0.154. The summed E-state index contributed by atoms with van der Waals surface area (Å²) in [5.74, 6) is -0.391. The molecule has 344 valence electrons. The Morgan fingerprint density at radius 2 is 0.933 bits per heavy atom. The second kappa shape index (κ2) is 47.5. The van der Waals surface area contributed by atoms with E-state index in [0.717, 1.165) is 64.2 Å². The Labute approximate surface area is 368 Å². The molecule has 0 saturated heterocycles. The average Bonchev–Trinajstić information content (AvgIpc) is 3.24.